The molecule has 0 spiro atoms. The van der Waals surface area contributed by atoms with Crippen molar-refractivity contribution < 1.29 is 8.42 Å². The standard InChI is InChI=1S/C11H15N7O2S/c1-2-14-21(19,20)8-5-3-7(4-6-8)15-16-9-10(12)17-18-11(9)13/h3-6,14H,2H2,1H3,(H5,12,13,17,18). The predicted molar refractivity (Wildman–Crippen MR) is 78.9 cm³/mol. The fourth-order valence-electron chi connectivity index (χ4n) is 1.54. The molecule has 2 rings (SSSR count). The van der Waals surface area contributed by atoms with Crippen molar-refractivity contribution in [2.45, 2.75) is 11.8 Å². The fraction of sp³-hybridized carbons (Fsp3) is 0.182. The molecule has 0 radical (unpaired) electrons. The lowest BCUT2D eigenvalue weighted by atomic mass is 10.3. The van der Waals surface area contributed by atoms with Crippen LogP contribution in [0.25, 0.3) is 0 Å². The van der Waals surface area contributed by atoms with E-state index in [1.807, 2.05) is 0 Å². The number of nitrogens with two attached hydrogens (primary N) is 2. The Morgan fingerprint density at radius 1 is 1.24 bits per heavy atom. The van der Waals surface area contributed by atoms with Gasteiger partial charge in [0.25, 0.3) is 0 Å². The first kappa shape index (κ1) is 14.9. The summed E-state index contributed by atoms with van der Waals surface area (Å²) in [5.74, 6) is 0.352. The number of benzene rings is 1. The molecule has 112 valence electrons. The maximum absolute atomic E-state index is 11.8. The van der Waals surface area contributed by atoms with Gasteiger partial charge < -0.3 is 11.5 Å². The molecule has 1 aromatic carbocycles. The van der Waals surface area contributed by atoms with Crippen molar-refractivity contribution in [3.63, 3.8) is 0 Å². The van der Waals surface area contributed by atoms with E-state index < -0.39 is 10.0 Å². The molecule has 6 N–H and O–H groups in total. The van der Waals surface area contributed by atoms with Gasteiger partial charge in [-0.2, -0.15) is 10.2 Å². The van der Waals surface area contributed by atoms with Gasteiger partial charge in [-0.1, -0.05) is 6.92 Å². The van der Waals surface area contributed by atoms with E-state index in [0.717, 1.165) is 0 Å². The van der Waals surface area contributed by atoms with Crippen molar-refractivity contribution in [3.8, 4) is 0 Å². The minimum Gasteiger partial charge on any atom is -0.382 e. The Bertz CT molecular complexity index is 730. The van der Waals surface area contributed by atoms with Gasteiger partial charge in [-0.3, -0.25) is 5.10 Å². The largest absolute Gasteiger partial charge is 0.382 e. The normalized spacial score (nSPS) is 12.0. The highest BCUT2D eigenvalue weighted by molar-refractivity contribution is 7.89. The Morgan fingerprint density at radius 2 is 1.90 bits per heavy atom. The highest BCUT2D eigenvalue weighted by atomic mass is 32.2. The van der Waals surface area contributed by atoms with E-state index in [4.69, 9.17) is 11.5 Å². The zero-order valence-corrected chi connectivity index (χ0v) is 12.1. The number of nitrogens with one attached hydrogen (secondary N) is 2. The van der Waals surface area contributed by atoms with Crippen molar-refractivity contribution in [2.75, 3.05) is 18.0 Å². The third-order valence-electron chi connectivity index (χ3n) is 2.54. The van der Waals surface area contributed by atoms with E-state index in [1.165, 1.54) is 24.3 Å². The Balaban J connectivity index is 2.21. The summed E-state index contributed by atoms with van der Waals surface area (Å²) < 4.78 is 25.9. The number of hydrogen-bond donors (Lipinski definition) is 4. The Morgan fingerprint density at radius 3 is 2.43 bits per heavy atom. The number of H-pyrrole nitrogens is 1. The molecule has 9 nitrogen and oxygen atoms in total. The number of anilines is 2. The van der Waals surface area contributed by atoms with Crippen molar-refractivity contribution in [1.29, 1.82) is 0 Å². The summed E-state index contributed by atoms with van der Waals surface area (Å²) in [6, 6.07) is 5.93. The van der Waals surface area contributed by atoms with E-state index in [-0.39, 0.29) is 22.2 Å². The molecule has 0 saturated carbocycles. The molecule has 0 fully saturated rings. The van der Waals surface area contributed by atoms with Crippen LogP contribution in [0.5, 0.6) is 0 Å². The number of azo groups is 1. The fourth-order valence-corrected chi connectivity index (χ4v) is 2.58. The topological polar surface area (TPSA) is 152 Å². The Hall–Kier alpha value is -2.46. The highest BCUT2D eigenvalue weighted by Gasteiger charge is 2.12. The summed E-state index contributed by atoms with van der Waals surface area (Å²) in [7, 11) is -3.48. The number of aromatic nitrogens is 2. The lowest BCUT2D eigenvalue weighted by molar-refractivity contribution is 0.584. The molecule has 1 aromatic heterocycles. The number of nitrogen functional groups attached to an aromatic ring is 2. The average molecular weight is 309 g/mol. The summed E-state index contributed by atoms with van der Waals surface area (Å²) >= 11 is 0. The monoisotopic (exact) mass is 309 g/mol. The van der Waals surface area contributed by atoms with Gasteiger partial charge in [0.15, 0.2) is 11.5 Å². The van der Waals surface area contributed by atoms with Crippen LogP contribution in [-0.2, 0) is 10.0 Å². The first-order chi connectivity index (χ1) is 9.94. The molecule has 0 amide bonds. The van der Waals surface area contributed by atoms with Crippen molar-refractivity contribution >= 4 is 33.0 Å². The molecule has 0 atom stereocenters. The number of nitrogens with zero attached hydrogens (tertiary/aromatic N) is 3. The highest BCUT2D eigenvalue weighted by Crippen LogP contribution is 2.28. The van der Waals surface area contributed by atoms with Gasteiger partial charge in [0.1, 0.15) is 5.82 Å². The summed E-state index contributed by atoms with van der Waals surface area (Å²) in [6.45, 7) is 2.03. The van der Waals surface area contributed by atoms with Crippen molar-refractivity contribution in [2.24, 2.45) is 10.2 Å². The van der Waals surface area contributed by atoms with Gasteiger partial charge in [0.2, 0.25) is 10.0 Å². The first-order valence-corrected chi connectivity index (χ1v) is 7.53. The second kappa shape index (κ2) is 5.89. The maximum atomic E-state index is 11.8. The van der Waals surface area contributed by atoms with E-state index >= 15 is 0 Å². The van der Waals surface area contributed by atoms with Crippen LogP contribution in [0.2, 0.25) is 0 Å². The quantitative estimate of drug-likeness (QED) is 0.613. The number of sulfonamides is 1. The SMILES string of the molecule is CCNS(=O)(=O)c1ccc(N=Nc2c(N)n[nH]c2N)cc1. The van der Waals surface area contributed by atoms with E-state index in [1.54, 1.807) is 6.92 Å². The number of aromatic amines is 1. The van der Waals surface area contributed by atoms with Gasteiger partial charge in [-0.25, -0.2) is 13.1 Å². The van der Waals surface area contributed by atoms with Gasteiger partial charge in [-0.15, -0.1) is 5.11 Å². The van der Waals surface area contributed by atoms with Gasteiger partial charge in [0.05, 0.1) is 10.6 Å². The Labute approximate surface area is 121 Å². The molecule has 2 aromatic rings. The molecule has 0 bridgehead atoms. The van der Waals surface area contributed by atoms with Crippen LogP contribution < -0.4 is 16.2 Å². The molecule has 1 heterocycles. The summed E-state index contributed by atoms with van der Waals surface area (Å²) in [5, 5.41) is 14.0. The van der Waals surface area contributed by atoms with Gasteiger partial charge in [0, 0.05) is 6.54 Å². The minimum atomic E-state index is -3.48. The van der Waals surface area contributed by atoms with Crippen LogP contribution in [0, 0.1) is 0 Å². The van der Waals surface area contributed by atoms with Gasteiger partial charge in [-0.05, 0) is 24.3 Å². The van der Waals surface area contributed by atoms with Crippen LogP contribution in [0.3, 0.4) is 0 Å². The summed E-state index contributed by atoms with van der Waals surface area (Å²) in [5.41, 5.74) is 11.8. The average Bonchev–Trinajstić information content (AvgIpc) is 2.76. The van der Waals surface area contributed by atoms with E-state index in [0.29, 0.717) is 12.2 Å². The number of rotatable bonds is 5. The van der Waals surface area contributed by atoms with Crippen LogP contribution in [0.15, 0.2) is 39.4 Å². The van der Waals surface area contributed by atoms with E-state index in [2.05, 4.69) is 25.1 Å². The van der Waals surface area contributed by atoms with Crippen LogP contribution in [0.1, 0.15) is 6.92 Å². The molecule has 0 aliphatic heterocycles. The van der Waals surface area contributed by atoms with E-state index in [9.17, 15) is 8.42 Å². The summed E-state index contributed by atoms with van der Waals surface area (Å²) in [6.07, 6.45) is 0. The number of hydrogen-bond acceptors (Lipinski definition) is 7. The van der Waals surface area contributed by atoms with Crippen molar-refractivity contribution in [1.82, 2.24) is 14.9 Å². The molecule has 21 heavy (non-hydrogen) atoms. The maximum Gasteiger partial charge on any atom is 0.240 e. The lowest BCUT2D eigenvalue weighted by Gasteiger charge is -2.03. The molecule has 0 aliphatic carbocycles. The van der Waals surface area contributed by atoms with Crippen LogP contribution in [0.4, 0.5) is 23.0 Å². The molecular weight excluding hydrogens is 294 g/mol. The predicted octanol–water partition coefficient (Wildman–Crippen LogP) is 1.29. The second-order valence-corrected chi connectivity index (χ2v) is 5.83. The molecule has 0 saturated heterocycles. The summed E-state index contributed by atoms with van der Waals surface area (Å²) in [4.78, 5) is 0.158. The molecule has 0 aliphatic rings. The third-order valence-corrected chi connectivity index (χ3v) is 4.10. The molecule has 0 unspecified atom stereocenters. The molecule has 10 heteroatoms. The zero-order chi connectivity index (χ0) is 15.5. The molecular formula is C11H15N7O2S. The van der Waals surface area contributed by atoms with Crippen molar-refractivity contribution in [3.05, 3.63) is 24.3 Å². The van der Waals surface area contributed by atoms with Crippen LogP contribution in [-0.4, -0.2) is 25.2 Å². The first-order valence-electron chi connectivity index (χ1n) is 6.05. The van der Waals surface area contributed by atoms with Gasteiger partial charge >= 0.3 is 0 Å². The smallest absolute Gasteiger partial charge is 0.240 e. The third kappa shape index (κ3) is 3.35. The Kier molecular flexibility index (Phi) is 4.19. The second-order valence-electron chi connectivity index (χ2n) is 4.07. The minimum absolute atomic E-state index is 0.141. The lowest BCUT2D eigenvalue weighted by Crippen LogP contribution is -2.22. The zero-order valence-electron chi connectivity index (χ0n) is 11.2. The van der Waals surface area contributed by atoms with Crippen LogP contribution >= 0.6 is 0 Å².